The fourth-order valence-corrected chi connectivity index (χ4v) is 8.66. The smallest absolute Gasteiger partial charge is 0.360 e. The number of fused-ring (bicyclic) bond motifs is 1. The molecule has 28 radical (unpaired) electrons. The molecule has 1 aromatic heterocycles. The van der Waals surface area contributed by atoms with Gasteiger partial charge in [-0.1, -0.05) is 88.0 Å². The van der Waals surface area contributed by atoms with Crippen LogP contribution in [0.15, 0.2) is 58.5 Å². The third kappa shape index (κ3) is 9.44. The topological polar surface area (TPSA) is 58.4 Å². The Hall–Kier alpha value is -3.05. The van der Waals surface area contributed by atoms with Gasteiger partial charge in [0.2, 0.25) is 5.91 Å². The summed E-state index contributed by atoms with van der Waals surface area (Å²) in [6, 6.07) is 9.34. The van der Waals surface area contributed by atoms with Crippen LogP contribution in [0.1, 0.15) is 48.2 Å². The lowest BCUT2D eigenvalue weighted by Gasteiger charge is -2.68. The van der Waals surface area contributed by atoms with Crippen LogP contribution in [0.2, 0.25) is 0 Å². The van der Waals surface area contributed by atoms with E-state index in [-0.39, 0.29) is 33.0 Å². The van der Waals surface area contributed by atoms with Crippen molar-refractivity contribution in [2.24, 2.45) is 0 Å². The van der Waals surface area contributed by atoms with Crippen molar-refractivity contribution in [2.75, 3.05) is 0 Å². The van der Waals surface area contributed by atoms with E-state index in [1.807, 2.05) is 0 Å². The van der Waals surface area contributed by atoms with Gasteiger partial charge in [0.25, 0.3) is 5.56 Å². The molecule has 0 aliphatic heterocycles. The highest BCUT2D eigenvalue weighted by molar-refractivity contribution is 7.98. The number of thioether (sulfide) groups is 1. The Balaban J connectivity index is 1.74. The summed E-state index contributed by atoms with van der Waals surface area (Å²) in [5.41, 5.74) is -2.45. The van der Waals surface area contributed by atoms with Crippen LogP contribution in [0.3, 0.4) is 0 Å². The monoisotopic (exact) mass is 806 g/mol. The maximum atomic E-state index is 15.2. The Bertz CT molecular complexity index is 2350. The van der Waals surface area contributed by atoms with Crippen LogP contribution in [0.25, 0.3) is 11.1 Å². The molecule has 3 aromatic carbocycles. The summed E-state index contributed by atoms with van der Waals surface area (Å²) in [6.45, 7) is 1.62. The molecule has 0 spiro atoms. The molecule has 6 nitrogen and oxygen atoms in total. The van der Waals surface area contributed by atoms with Gasteiger partial charge in [0.05, 0.1) is 84.0 Å². The minimum atomic E-state index is -4.66. The number of hydrogen-bond donors (Lipinski definition) is 0. The van der Waals surface area contributed by atoms with Gasteiger partial charge in [-0.25, -0.2) is 4.39 Å². The Morgan fingerprint density at radius 2 is 1.30 bits per heavy atom. The fraction of sp³-hybridized carbons (Fsp3) is 0.361. The molecular formula is C36H24B14F4N4O2S. The number of halogens is 4. The third-order valence-corrected chi connectivity index (χ3v) is 11.3. The number of carbonyl (C=O) groups excluding carboxylic acids is 1. The highest BCUT2D eigenvalue weighted by Gasteiger charge is 2.53. The highest BCUT2D eigenvalue weighted by atomic mass is 32.2. The van der Waals surface area contributed by atoms with E-state index < -0.39 is 78.7 Å². The highest BCUT2D eigenvalue weighted by Crippen LogP contribution is 2.38. The number of hydrogen-bond acceptors (Lipinski definition) is 5. The molecule has 61 heavy (non-hydrogen) atoms. The first-order valence-corrected chi connectivity index (χ1v) is 19.3. The average Bonchev–Trinajstić information content (AvgIpc) is 3.61. The van der Waals surface area contributed by atoms with E-state index >= 15 is 4.79 Å². The maximum Gasteiger partial charge on any atom is 0.416 e. The van der Waals surface area contributed by atoms with Crippen LogP contribution in [-0.4, -0.2) is 156 Å². The van der Waals surface area contributed by atoms with Gasteiger partial charge >= 0.3 is 6.18 Å². The molecule has 0 unspecified atom stereocenters. The minimum absolute atomic E-state index is 0.0531. The molecule has 0 saturated carbocycles. The molecule has 4 aromatic rings. The SMILES string of the molecule is [B]c1c([B])c(C([B])([B])N(C(=O)Cn2c(SCc3ccc(F)cc3)nc(=O)c3c2CCC3)C([B])([B])C([B])([B])N(C([B])([B])C)C([B])([B])C)c([B])c([B])c1-c1ccc(C(F)(F)F)cc1. The second-order valence-corrected chi connectivity index (χ2v) is 16.4. The molecule has 0 saturated heterocycles. The summed E-state index contributed by atoms with van der Waals surface area (Å²) in [6.07, 6.45) is -3.46. The number of carbonyl (C=O) groups is 1. The van der Waals surface area contributed by atoms with Crippen molar-refractivity contribution in [1.82, 2.24) is 19.4 Å². The fourth-order valence-electron chi connectivity index (χ4n) is 7.70. The summed E-state index contributed by atoms with van der Waals surface area (Å²) < 4.78 is 55.4. The zero-order valence-corrected chi connectivity index (χ0v) is 34.1. The average molecular weight is 804 g/mol. The van der Waals surface area contributed by atoms with Crippen LogP contribution in [0.5, 0.6) is 0 Å². The van der Waals surface area contributed by atoms with E-state index in [1.54, 1.807) is 0 Å². The van der Waals surface area contributed by atoms with E-state index in [4.69, 9.17) is 110 Å². The first-order valence-electron chi connectivity index (χ1n) is 18.3. The molecule has 0 atom stereocenters. The van der Waals surface area contributed by atoms with Gasteiger partial charge in [0.1, 0.15) is 43.7 Å². The summed E-state index contributed by atoms with van der Waals surface area (Å²) in [7, 11) is 92.1. The number of amides is 1. The van der Waals surface area contributed by atoms with E-state index in [9.17, 15) is 22.4 Å². The summed E-state index contributed by atoms with van der Waals surface area (Å²) in [5, 5.41) is -13.1. The summed E-state index contributed by atoms with van der Waals surface area (Å²) in [4.78, 5) is 33.8. The quantitative estimate of drug-likeness (QED) is 0.0639. The Labute approximate surface area is 376 Å². The van der Waals surface area contributed by atoms with Crippen LogP contribution in [0, 0.1) is 5.82 Å². The van der Waals surface area contributed by atoms with Gasteiger partial charge in [-0.05, 0) is 76.2 Å². The lowest BCUT2D eigenvalue weighted by Crippen LogP contribution is -2.83. The Kier molecular flexibility index (Phi) is 13.8. The molecular weight excluding hydrogens is 780 g/mol. The Morgan fingerprint density at radius 1 is 0.770 bits per heavy atom. The van der Waals surface area contributed by atoms with Crippen molar-refractivity contribution >= 4 is 149 Å². The summed E-state index contributed by atoms with van der Waals surface area (Å²) in [5.74, 6) is -1.45. The van der Waals surface area contributed by atoms with Gasteiger partial charge in [-0.2, -0.15) is 18.2 Å². The second-order valence-electron chi connectivity index (χ2n) is 15.5. The second kappa shape index (κ2) is 17.2. The van der Waals surface area contributed by atoms with Crippen LogP contribution in [0.4, 0.5) is 17.6 Å². The molecule has 276 valence electrons. The number of aromatic nitrogens is 2. The predicted molar refractivity (Wildman–Crippen MR) is 245 cm³/mol. The number of benzene rings is 3. The minimum Gasteiger partial charge on any atom is -0.360 e. The maximum absolute atomic E-state index is 15.2. The lowest BCUT2D eigenvalue weighted by molar-refractivity contribution is -0.138. The molecule has 1 heterocycles. The van der Waals surface area contributed by atoms with Gasteiger partial charge in [0.15, 0.2) is 5.16 Å². The predicted octanol–water partition coefficient (Wildman–Crippen LogP) is -2.69. The zero-order chi connectivity index (χ0) is 46.0. The zero-order valence-electron chi connectivity index (χ0n) is 33.3. The molecule has 0 fully saturated rings. The number of rotatable bonds is 13. The molecule has 0 bridgehead atoms. The van der Waals surface area contributed by atoms with Crippen molar-refractivity contribution in [3.8, 4) is 11.1 Å². The molecule has 1 amide bonds. The van der Waals surface area contributed by atoms with E-state index in [1.165, 1.54) is 42.7 Å². The normalized spacial score (nSPS) is 14.0. The third-order valence-electron chi connectivity index (χ3n) is 10.3. The van der Waals surface area contributed by atoms with Crippen molar-refractivity contribution in [3.05, 3.63) is 92.6 Å². The molecule has 1 aliphatic rings. The van der Waals surface area contributed by atoms with Crippen LogP contribution < -0.4 is 27.4 Å². The van der Waals surface area contributed by atoms with E-state index in [0.29, 0.717) is 45.9 Å². The Morgan fingerprint density at radius 3 is 1.79 bits per heavy atom. The largest absolute Gasteiger partial charge is 0.416 e. The first kappa shape index (κ1) is 49.0. The van der Waals surface area contributed by atoms with Gasteiger partial charge < -0.3 is 14.4 Å². The number of alkyl halides is 3. The number of nitrogens with zero attached hydrogens (tertiary/aromatic N) is 4. The first-order chi connectivity index (χ1) is 27.8. The van der Waals surface area contributed by atoms with Gasteiger partial charge in [0, 0.05) is 17.0 Å². The van der Waals surface area contributed by atoms with Crippen LogP contribution in [-0.2, 0) is 41.4 Å². The standard InChI is InChI=1S/C36H24B14F4N4O2S/c1-31(41,42)58(32(2,43)44)36(49,50)35(47,48)57(22(59)14-56-21-5-3-4-20(21)29(60)55-30(56)61-15-16-6-12-19(51)13-7-16)33(45,46)24-27(39)25(37)23(26(38)28(24)40)17-8-10-18(11-9-17)34(52,53)54/h6-13H,3-5,14-15H2,1-2H3. The van der Waals surface area contributed by atoms with Gasteiger partial charge in [-0.3, -0.25) is 9.59 Å². The lowest BCUT2D eigenvalue weighted by atomic mass is 9.32. The molecule has 5 rings (SSSR count). The van der Waals surface area contributed by atoms with Crippen molar-refractivity contribution in [1.29, 1.82) is 0 Å². The molecule has 1 aliphatic carbocycles. The molecule has 0 N–H and O–H groups in total. The summed E-state index contributed by atoms with van der Waals surface area (Å²) >= 11 is 1.05. The van der Waals surface area contributed by atoms with E-state index in [0.717, 1.165) is 36.0 Å². The molecule has 25 heteroatoms. The van der Waals surface area contributed by atoms with Crippen molar-refractivity contribution in [3.63, 3.8) is 0 Å². The van der Waals surface area contributed by atoms with Gasteiger partial charge in [-0.15, -0.1) is 0 Å². The van der Waals surface area contributed by atoms with E-state index in [2.05, 4.69) is 4.98 Å². The van der Waals surface area contributed by atoms with Crippen LogP contribution >= 0.6 is 11.8 Å². The van der Waals surface area contributed by atoms with Crippen molar-refractivity contribution < 1.29 is 22.4 Å². The van der Waals surface area contributed by atoms with Crippen molar-refractivity contribution in [2.45, 2.75) is 83.4 Å².